The molecular formula is C25H27NO4. The lowest BCUT2D eigenvalue weighted by atomic mass is 9.73. The van der Waals surface area contributed by atoms with E-state index in [9.17, 15) is 9.59 Å². The zero-order valence-corrected chi connectivity index (χ0v) is 18.3. The molecule has 2 aromatic carbocycles. The lowest BCUT2D eigenvalue weighted by Gasteiger charge is -2.28. The Hall–Kier alpha value is -3.26. The van der Waals surface area contributed by atoms with Crippen molar-refractivity contribution in [2.75, 3.05) is 12.0 Å². The Morgan fingerprint density at radius 1 is 1.13 bits per heavy atom. The number of methoxy groups -OCH3 is 1. The number of hydrogen-bond acceptors (Lipinski definition) is 4. The number of benzene rings is 2. The van der Waals surface area contributed by atoms with E-state index in [0.29, 0.717) is 17.0 Å². The number of nitrogens with zero attached hydrogens (tertiary/aromatic N) is 1. The number of ether oxygens (including phenoxy) is 2. The second-order valence-corrected chi connectivity index (χ2v) is 8.56. The first-order valence-electron chi connectivity index (χ1n) is 9.90. The molecule has 5 heteroatoms. The van der Waals surface area contributed by atoms with Gasteiger partial charge in [0.1, 0.15) is 11.4 Å². The summed E-state index contributed by atoms with van der Waals surface area (Å²) >= 11 is 0. The lowest BCUT2D eigenvalue weighted by Crippen LogP contribution is -2.46. The molecule has 1 aliphatic heterocycles. The molecule has 2 aromatic rings. The highest BCUT2D eigenvalue weighted by molar-refractivity contribution is 6.21. The first-order chi connectivity index (χ1) is 14.1. The maximum atomic E-state index is 13.6. The molecule has 3 rings (SSSR count). The van der Waals surface area contributed by atoms with Crippen LogP contribution in [0, 0.1) is 17.8 Å². The number of hydrogen-bond donors (Lipinski definition) is 0. The molecule has 1 aliphatic rings. The molecular weight excluding hydrogens is 378 g/mol. The molecule has 0 saturated carbocycles. The Morgan fingerprint density at radius 2 is 1.80 bits per heavy atom. The van der Waals surface area contributed by atoms with E-state index in [1.807, 2.05) is 44.2 Å². The maximum Gasteiger partial charge on any atom is 0.421 e. The van der Waals surface area contributed by atoms with Crippen LogP contribution in [0.25, 0.3) is 0 Å². The second kappa shape index (κ2) is 7.87. The average Bonchev–Trinajstić information content (AvgIpc) is 2.93. The highest BCUT2D eigenvalue weighted by atomic mass is 16.6. The van der Waals surface area contributed by atoms with Gasteiger partial charge in [0, 0.05) is 11.5 Å². The molecule has 0 aromatic heterocycles. The average molecular weight is 405 g/mol. The minimum absolute atomic E-state index is 0.352. The Balaban J connectivity index is 2.07. The van der Waals surface area contributed by atoms with E-state index in [1.54, 1.807) is 46.1 Å². The SMILES string of the molecule is COc1ccc2c(c1)[C@@](C)([C@@H](C)C#Cc1ccccc1)C(=O)N2C(=O)OC(C)(C)C. The topological polar surface area (TPSA) is 55.8 Å². The fourth-order valence-corrected chi connectivity index (χ4v) is 3.47. The fraction of sp³-hybridized carbons (Fsp3) is 0.360. The summed E-state index contributed by atoms with van der Waals surface area (Å²) in [5.74, 6) is 6.25. The van der Waals surface area contributed by atoms with E-state index < -0.39 is 17.1 Å². The standard InChI is InChI=1S/C25H27NO4/c1-17(12-13-18-10-8-7-9-11-18)25(5)20-16-19(29-6)14-15-21(20)26(22(25)27)23(28)30-24(2,3)4/h7-11,14-17H,1-6H3/t17-,25+/m0/s1. The van der Waals surface area contributed by atoms with Crippen LogP contribution in [0.4, 0.5) is 10.5 Å². The molecule has 0 aliphatic carbocycles. The van der Waals surface area contributed by atoms with E-state index in [2.05, 4.69) is 11.8 Å². The van der Waals surface area contributed by atoms with Gasteiger partial charge in [-0.05, 0) is 63.6 Å². The largest absolute Gasteiger partial charge is 0.497 e. The van der Waals surface area contributed by atoms with Gasteiger partial charge in [-0.15, -0.1) is 0 Å². The van der Waals surface area contributed by atoms with Crippen LogP contribution in [-0.4, -0.2) is 24.7 Å². The molecule has 0 radical (unpaired) electrons. The van der Waals surface area contributed by atoms with Gasteiger partial charge in [-0.1, -0.05) is 37.0 Å². The molecule has 156 valence electrons. The van der Waals surface area contributed by atoms with Crippen molar-refractivity contribution in [3.63, 3.8) is 0 Å². The van der Waals surface area contributed by atoms with Gasteiger partial charge in [0.25, 0.3) is 0 Å². The molecule has 0 fully saturated rings. The Kier molecular flexibility index (Phi) is 5.63. The first-order valence-corrected chi connectivity index (χ1v) is 9.90. The summed E-state index contributed by atoms with van der Waals surface area (Å²) in [6.45, 7) is 9.03. The summed E-state index contributed by atoms with van der Waals surface area (Å²) in [6.07, 6.45) is -0.689. The molecule has 0 bridgehead atoms. The van der Waals surface area contributed by atoms with Crippen molar-refractivity contribution in [2.45, 2.75) is 45.6 Å². The van der Waals surface area contributed by atoms with Gasteiger partial charge < -0.3 is 9.47 Å². The van der Waals surface area contributed by atoms with Crippen molar-refractivity contribution in [1.82, 2.24) is 0 Å². The molecule has 2 atom stereocenters. The van der Waals surface area contributed by atoms with Crippen LogP contribution in [0.3, 0.4) is 0 Å². The second-order valence-electron chi connectivity index (χ2n) is 8.56. The summed E-state index contributed by atoms with van der Waals surface area (Å²) in [6, 6.07) is 14.9. The third kappa shape index (κ3) is 3.91. The molecule has 1 heterocycles. The molecule has 0 spiro atoms. The monoisotopic (exact) mass is 405 g/mol. The summed E-state index contributed by atoms with van der Waals surface area (Å²) in [5.41, 5.74) is 0.330. The molecule has 0 N–H and O–H groups in total. The normalized spacial score (nSPS) is 18.9. The van der Waals surface area contributed by atoms with Gasteiger partial charge in [-0.3, -0.25) is 4.79 Å². The number of anilines is 1. The van der Waals surface area contributed by atoms with Gasteiger partial charge in [0.2, 0.25) is 5.91 Å². The van der Waals surface area contributed by atoms with Crippen LogP contribution in [0.1, 0.15) is 45.7 Å². The Bertz CT molecular complexity index is 1030. The van der Waals surface area contributed by atoms with Gasteiger partial charge in [0.05, 0.1) is 18.2 Å². The number of carbonyl (C=O) groups excluding carboxylic acids is 2. The maximum absolute atomic E-state index is 13.6. The summed E-state index contributed by atoms with van der Waals surface area (Å²) in [4.78, 5) is 27.6. The highest BCUT2D eigenvalue weighted by Gasteiger charge is 2.53. The highest BCUT2D eigenvalue weighted by Crippen LogP contribution is 2.48. The zero-order valence-electron chi connectivity index (χ0n) is 18.3. The Morgan fingerprint density at radius 3 is 2.40 bits per heavy atom. The number of rotatable bonds is 2. The number of imide groups is 1. The van der Waals surface area contributed by atoms with E-state index >= 15 is 0 Å². The predicted molar refractivity (Wildman–Crippen MR) is 117 cm³/mol. The van der Waals surface area contributed by atoms with Crippen molar-refractivity contribution in [2.24, 2.45) is 5.92 Å². The van der Waals surface area contributed by atoms with Gasteiger partial charge in [-0.2, -0.15) is 0 Å². The van der Waals surface area contributed by atoms with Crippen LogP contribution in [-0.2, 0) is 14.9 Å². The minimum atomic E-state index is -1.03. The van der Waals surface area contributed by atoms with Crippen molar-refractivity contribution < 1.29 is 19.1 Å². The van der Waals surface area contributed by atoms with Crippen molar-refractivity contribution >= 4 is 17.7 Å². The lowest BCUT2D eigenvalue weighted by molar-refractivity contribution is -0.123. The summed E-state index contributed by atoms with van der Waals surface area (Å²) in [5, 5.41) is 0. The van der Waals surface area contributed by atoms with Crippen molar-refractivity contribution in [3.8, 4) is 17.6 Å². The van der Waals surface area contributed by atoms with Crippen LogP contribution < -0.4 is 9.64 Å². The predicted octanol–water partition coefficient (Wildman–Crippen LogP) is 4.92. The van der Waals surface area contributed by atoms with Gasteiger partial charge >= 0.3 is 6.09 Å². The van der Waals surface area contributed by atoms with E-state index in [4.69, 9.17) is 9.47 Å². The van der Waals surface area contributed by atoms with Crippen LogP contribution in [0.15, 0.2) is 48.5 Å². The first kappa shape index (κ1) is 21.4. The number of amides is 2. The Labute approximate surface area is 178 Å². The van der Waals surface area contributed by atoms with Crippen LogP contribution >= 0.6 is 0 Å². The molecule has 30 heavy (non-hydrogen) atoms. The number of fused-ring (bicyclic) bond motifs is 1. The van der Waals surface area contributed by atoms with Crippen LogP contribution in [0.5, 0.6) is 5.75 Å². The molecule has 5 nitrogen and oxygen atoms in total. The van der Waals surface area contributed by atoms with Gasteiger partial charge in [-0.25, -0.2) is 9.69 Å². The quantitative estimate of drug-likeness (QED) is 0.666. The van der Waals surface area contributed by atoms with E-state index in [0.717, 1.165) is 10.5 Å². The van der Waals surface area contributed by atoms with Crippen molar-refractivity contribution in [1.29, 1.82) is 0 Å². The van der Waals surface area contributed by atoms with Crippen LogP contribution in [0.2, 0.25) is 0 Å². The van der Waals surface area contributed by atoms with Crippen molar-refractivity contribution in [3.05, 3.63) is 59.7 Å². The van der Waals surface area contributed by atoms with E-state index in [-0.39, 0.29) is 11.8 Å². The third-order valence-electron chi connectivity index (χ3n) is 5.30. The molecule has 2 amide bonds. The zero-order chi connectivity index (χ0) is 22.1. The van der Waals surface area contributed by atoms with E-state index in [1.165, 1.54) is 0 Å². The third-order valence-corrected chi connectivity index (χ3v) is 5.30. The molecule has 0 saturated heterocycles. The molecule has 0 unspecified atom stereocenters. The summed E-state index contributed by atoms with van der Waals surface area (Å²) in [7, 11) is 1.57. The van der Waals surface area contributed by atoms with Gasteiger partial charge in [0.15, 0.2) is 0 Å². The smallest absolute Gasteiger partial charge is 0.421 e. The number of carbonyl (C=O) groups is 2. The summed E-state index contributed by atoms with van der Waals surface area (Å²) < 4.78 is 10.9. The fourth-order valence-electron chi connectivity index (χ4n) is 3.47. The minimum Gasteiger partial charge on any atom is -0.497 e.